The van der Waals surface area contributed by atoms with Crippen LogP contribution in [0, 0.1) is 6.92 Å². The lowest BCUT2D eigenvalue weighted by molar-refractivity contribution is -0.137. The topological polar surface area (TPSA) is 126 Å². The summed E-state index contributed by atoms with van der Waals surface area (Å²) in [5.74, 6) is -1.98. The van der Waals surface area contributed by atoms with Crippen molar-refractivity contribution in [1.29, 1.82) is 0 Å². The van der Waals surface area contributed by atoms with Crippen molar-refractivity contribution in [2.45, 2.75) is 13.3 Å². The smallest absolute Gasteiger partial charge is 0.323 e. The molecule has 0 saturated heterocycles. The van der Waals surface area contributed by atoms with E-state index in [4.69, 9.17) is 10.8 Å². The molecule has 0 unspecified atom stereocenters. The van der Waals surface area contributed by atoms with E-state index in [0.29, 0.717) is 13.0 Å². The van der Waals surface area contributed by atoms with Gasteiger partial charge in [0, 0.05) is 18.3 Å². The number of rotatable bonds is 7. The predicted octanol–water partition coefficient (Wildman–Crippen LogP) is -0.424. The molecule has 9 heteroatoms. The number of carboxylic acid groups (broad SMARTS) is 1. The Hall–Kier alpha value is -2.16. The summed E-state index contributed by atoms with van der Waals surface area (Å²) in [5, 5.41) is 14.0. The first kappa shape index (κ1) is 15.9. The van der Waals surface area contributed by atoms with Gasteiger partial charge in [0.15, 0.2) is 0 Å². The zero-order valence-electron chi connectivity index (χ0n) is 11.0. The van der Waals surface area contributed by atoms with E-state index in [1.54, 1.807) is 0 Å². The maximum Gasteiger partial charge on any atom is 0.323 e. The van der Waals surface area contributed by atoms with Crippen LogP contribution in [0.5, 0.6) is 0 Å². The first-order valence-electron chi connectivity index (χ1n) is 5.82. The SMILES string of the molecule is Cc1nc(CCNC(=O)N(CC(N)=O)CC(=O)O)cs1. The molecule has 20 heavy (non-hydrogen) atoms. The lowest BCUT2D eigenvalue weighted by atomic mass is 10.3. The van der Waals surface area contributed by atoms with Gasteiger partial charge in [-0.1, -0.05) is 0 Å². The van der Waals surface area contributed by atoms with Gasteiger partial charge in [-0.2, -0.15) is 0 Å². The van der Waals surface area contributed by atoms with Crippen LogP contribution in [0.2, 0.25) is 0 Å². The summed E-state index contributed by atoms with van der Waals surface area (Å²) in [6, 6.07) is -0.641. The van der Waals surface area contributed by atoms with Gasteiger partial charge in [0.2, 0.25) is 5.91 Å². The minimum atomic E-state index is -1.21. The Labute approximate surface area is 119 Å². The van der Waals surface area contributed by atoms with E-state index in [9.17, 15) is 14.4 Å². The third kappa shape index (κ3) is 5.65. The van der Waals surface area contributed by atoms with Crippen LogP contribution in [0.4, 0.5) is 4.79 Å². The second-order valence-corrected chi connectivity index (χ2v) is 5.12. The number of urea groups is 1. The molecular formula is C11H16N4O4S. The van der Waals surface area contributed by atoms with Crippen molar-refractivity contribution < 1.29 is 19.5 Å². The van der Waals surface area contributed by atoms with Gasteiger partial charge in [0.05, 0.1) is 10.7 Å². The average Bonchev–Trinajstić information content (AvgIpc) is 2.73. The fourth-order valence-electron chi connectivity index (χ4n) is 1.48. The van der Waals surface area contributed by atoms with Gasteiger partial charge >= 0.3 is 12.0 Å². The van der Waals surface area contributed by atoms with Crippen molar-refractivity contribution in [2.24, 2.45) is 5.73 Å². The van der Waals surface area contributed by atoms with E-state index in [0.717, 1.165) is 15.6 Å². The molecule has 0 radical (unpaired) electrons. The Kier molecular flexibility index (Phi) is 5.91. The molecule has 0 fully saturated rings. The largest absolute Gasteiger partial charge is 0.480 e. The predicted molar refractivity (Wildman–Crippen MR) is 72.4 cm³/mol. The molecule has 8 nitrogen and oxygen atoms in total. The molecule has 0 saturated carbocycles. The van der Waals surface area contributed by atoms with Crippen molar-refractivity contribution in [3.8, 4) is 0 Å². The lowest BCUT2D eigenvalue weighted by Gasteiger charge is -2.19. The van der Waals surface area contributed by atoms with Crippen LogP contribution in [-0.4, -0.2) is 52.5 Å². The van der Waals surface area contributed by atoms with E-state index < -0.39 is 31.0 Å². The average molecular weight is 300 g/mol. The molecule has 4 N–H and O–H groups in total. The number of carbonyl (C=O) groups excluding carboxylic acids is 2. The summed E-state index contributed by atoms with van der Waals surface area (Å²) in [6.07, 6.45) is 0.535. The number of nitrogens with two attached hydrogens (primary N) is 1. The Morgan fingerprint density at radius 3 is 2.65 bits per heavy atom. The minimum Gasteiger partial charge on any atom is -0.480 e. The van der Waals surface area contributed by atoms with Crippen LogP contribution in [0.1, 0.15) is 10.7 Å². The van der Waals surface area contributed by atoms with Crippen molar-refractivity contribution >= 4 is 29.2 Å². The highest BCUT2D eigenvalue weighted by Crippen LogP contribution is 2.07. The zero-order chi connectivity index (χ0) is 15.1. The summed E-state index contributed by atoms with van der Waals surface area (Å²) in [4.78, 5) is 38.2. The molecular weight excluding hydrogens is 284 g/mol. The number of nitrogens with zero attached hydrogens (tertiary/aromatic N) is 2. The van der Waals surface area contributed by atoms with E-state index in [-0.39, 0.29) is 0 Å². The number of thiazole rings is 1. The Morgan fingerprint density at radius 1 is 1.45 bits per heavy atom. The molecule has 3 amide bonds. The molecule has 0 aliphatic carbocycles. The minimum absolute atomic E-state index is 0.302. The van der Waals surface area contributed by atoms with E-state index >= 15 is 0 Å². The van der Waals surface area contributed by atoms with E-state index in [2.05, 4.69) is 10.3 Å². The molecule has 1 aromatic heterocycles. The summed E-state index contributed by atoms with van der Waals surface area (Å²) in [7, 11) is 0. The third-order valence-electron chi connectivity index (χ3n) is 2.28. The normalized spacial score (nSPS) is 10.1. The maximum atomic E-state index is 11.7. The Morgan fingerprint density at radius 2 is 2.15 bits per heavy atom. The highest BCUT2D eigenvalue weighted by atomic mass is 32.1. The highest BCUT2D eigenvalue weighted by molar-refractivity contribution is 7.09. The first-order valence-corrected chi connectivity index (χ1v) is 6.70. The van der Waals surface area contributed by atoms with Gasteiger partial charge in [-0.15, -0.1) is 11.3 Å². The number of amides is 3. The van der Waals surface area contributed by atoms with Gasteiger partial charge in [-0.05, 0) is 6.92 Å². The molecule has 1 rings (SSSR count). The fraction of sp³-hybridized carbons (Fsp3) is 0.455. The zero-order valence-corrected chi connectivity index (χ0v) is 11.8. The molecule has 1 aromatic rings. The number of aryl methyl sites for hydroxylation is 1. The number of carbonyl (C=O) groups is 3. The Bertz CT molecular complexity index is 486. The van der Waals surface area contributed by atoms with Crippen LogP contribution < -0.4 is 11.1 Å². The lowest BCUT2D eigenvalue weighted by Crippen LogP contribution is -2.47. The number of primary amides is 1. The van der Waals surface area contributed by atoms with Crippen molar-refractivity contribution in [2.75, 3.05) is 19.6 Å². The van der Waals surface area contributed by atoms with Gasteiger partial charge in [0.1, 0.15) is 13.1 Å². The number of hydrogen-bond acceptors (Lipinski definition) is 5. The molecule has 0 bridgehead atoms. The molecule has 0 aliphatic heterocycles. The fourth-order valence-corrected chi connectivity index (χ4v) is 2.13. The number of hydrogen-bond donors (Lipinski definition) is 3. The number of nitrogens with one attached hydrogen (secondary N) is 1. The second kappa shape index (κ2) is 7.43. The van der Waals surface area contributed by atoms with Gasteiger partial charge < -0.3 is 21.1 Å². The first-order chi connectivity index (χ1) is 9.38. The molecule has 1 heterocycles. The standard InChI is InChI=1S/C11H16N4O4S/c1-7-14-8(6-20-7)2-3-13-11(19)15(4-9(12)16)5-10(17)18/h6H,2-5H2,1H3,(H2,12,16)(H,13,19)(H,17,18). The monoisotopic (exact) mass is 300 g/mol. The molecule has 0 spiro atoms. The number of aromatic nitrogens is 1. The summed E-state index contributed by atoms with van der Waals surface area (Å²) < 4.78 is 0. The quantitative estimate of drug-likeness (QED) is 0.630. The summed E-state index contributed by atoms with van der Waals surface area (Å²) in [6.45, 7) is 1.17. The van der Waals surface area contributed by atoms with Crippen molar-refractivity contribution in [3.05, 3.63) is 16.1 Å². The van der Waals surface area contributed by atoms with Crippen molar-refractivity contribution in [1.82, 2.24) is 15.2 Å². The highest BCUT2D eigenvalue weighted by Gasteiger charge is 2.18. The summed E-state index contributed by atoms with van der Waals surface area (Å²) >= 11 is 1.51. The van der Waals surface area contributed by atoms with Crippen molar-refractivity contribution in [3.63, 3.8) is 0 Å². The van der Waals surface area contributed by atoms with Crippen LogP contribution in [0.25, 0.3) is 0 Å². The Balaban J connectivity index is 2.44. The van der Waals surface area contributed by atoms with Crippen LogP contribution in [-0.2, 0) is 16.0 Å². The molecule has 0 aromatic carbocycles. The molecule has 0 aliphatic rings. The van der Waals surface area contributed by atoms with E-state index in [1.165, 1.54) is 11.3 Å². The molecule has 0 atom stereocenters. The molecule has 110 valence electrons. The van der Waals surface area contributed by atoms with Crippen LogP contribution in [0.15, 0.2) is 5.38 Å². The second-order valence-electron chi connectivity index (χ2n) is 4.06. The summed E-state index contributed by atoms with van der Waals surface area (Å²) in [5.41, 5.74) is 5.82. The third-order valence-corrected chi connectivity index (χ3v) is 3.11. The number of aliphatic carboxylic acids is 1. The van der Waals surface area contributed by atoms with E-state index in [1.807, 2.05) is 12.3 Å². The maximum absolute atomic E-state index is 11.7. The van der Waals surface area contributed by atoms with Gasteiger partial charge in [-0.25, -0.2) is 9.78 Å². The van der Waals surface area contributed by atoms with Crippen LogP contribution >= 0.6 is 11.3 Å². The van der Waals surface area contributed by atoms with Crippen LogP contribution in [0.3, 0.4) is 0 Å². The number of carboxylic acids is 1. The van der Waals surface area contributed by atoms with Gasteiger partial charge in [-0.3, -0.25) is 9.59 Å². The van der Waals surface area contributed by atoms with Gasteiger partial charge in [0.25, 0.3) is 0 Å².